The number of nitrogens with zero attached hydrogens (tertiary/aromatic N) is 5. The van der Waals surface area contributed by atoms with E-state index in [9.17, 15) is 4.21 Å². The van der Waals surface area contributed by atoms with Crippen molar-refractivity contribution in [2.45, 2.75) is 66.2 Å². The Hall–Kier alpha value is -2.47. The third-order valence-corrected chi connectivity index (χ3v) is 10.3. The number of fused-ring (bicyclic) bond motifs is 2. The topological polar surface area (TPSA) is 136 Å². The zero-order valence-electron chi connectivity index (χ0n) is 21.1. The lowest BCUT2D eigenvalue weighted by atomic mass is 9.73. The van der Waals surface area contributed by atoms with Crippen LogP contribution in [0.4, 0.5) is 17.5 Å². The van der Waals surface area contributed by atoms with E-state index < -0.39 is 11.0 Å². The van der Waals surface area contributed by atoms with Gasteiger partial charge in [-0.05, 0) is 57.7 Å². The van der Waals surface area contributed by atoms with Crippen LogP contribution in [0.15, 0.2) is 46.7 Å². The van der Waals surface area contributed by atoms with Crippen LogP contribution in [0.2, 0.25) is 5.02 Å². The van der Waals surface area contributed by atoms with Gasteiger partial charge in [0.15, 0.2) is 5.82 Å². The molecule has 5 rings (SSSR count). The number of aromatic nitrogens is 4. The first-order valence-corrected chi connectivity index (χ1v) is 14.5. The minimum atomic E-state index is -1.17. The van der Waals surface area contributed by atoms with E-state index in [1.54, 1.807) is 18.5 Å². The van der Waals surface area contributed by atoms with Crippen LogP contribution in [0.5, 0.6) is 0 Å². The summed E-state index contributed by atoms with van der Waals surface area (Å²) in [5.41, 5.74) is 14.3. The molecule has 5 N–H and O–H groups in total. The van der Waals surface area contributed by atoms with Crippen molar-refractivity contribution in [3.8, 4) is 0 Å². The van der Waals surface area contributed by atoms with Crippen LogP contribution < -0.4 is 21.1 Å². The summed E-state index contributed by atoms with van der Waals surface area (Å²) in [6, 6.07) is 5.96. The summed E-state index contributed by atoms with van der Waals surface area (Å²) in [6.45, 7) is 7.52. The Balaban J connectivity index is 1.34. The maximum Gasteiger partial charge on any atom is 0.158 e. The minimum Gasteiger partial charge on any atom is -0.382 e. The number of anilines is 3. The maximum absolute atomic E-state index is 13.0. The number of halogens is 1. The number of nitrogens with one attached hydrogen (secondary N) is 1. The summed E-state index contributed by atoms with van der Waals surface area (Å²) < 4.78 is 16.2. The molecule has 37 heavy (non-hydrogen) atoms. The number of nitrogen functional groups attached to an aromatic ring is 2. The molecule has 2 aliphatic rings. The lowest BCUT2D eigenvalue weighted by Crippen LogP contribution is -2.54. The van der Waals surface area contributed by atoms with Crippen molar-refractivity contribution >= 4 is 51.8 Å². The van der Waals surface area contributed by atoms with Gasteiger partial charge in [-0.2, -0.15) is 0 Å². The molecule has 4 heterocycles. The summed E-state index contributed by atoms with van der Waals surface area (Å²) in [6.07, 6.45) is 7.76. The van der Waals surface area contributed by atoms with Crippen LogP contribution in [0.25, 0.3) is 0 Å². The lowest BCUT2D eigenvalue weighted by molar-refractivity contribution is 0.273. The molecule has 1 aliphatic heterocycles. The van der Waals surface area contributed by atoms with E-state index in [1.165, 1.54) is 17.3 Å². The van der Waals surface area contributed by atoms with Crippen LogP contribution in [0.3, 0.4) is 0 Å². The molecule has 1 aliphatic carbocycles. The Morgan fingerprint density at radius 2 is 1.89 bits per heavy atom. The average molecular weight is 559 g/mol. The summed E-state index contributed by atoms with van der Waals surface area (Å²) in [7, 11) is -1.17. The molecule has 1 unspecified atom stereocenters. The Labute approximate surface area is 228 Å². The molecule has 2 atom stereocenters. The fourth-order valence-corrected chi connectivity index (χ4v) is 6.99. The molecule has 0 aromatic carbocycles. The highest BCUT2D eigenvalue weighted by atomic mass is 35.5. The van der Waals surface area contributed by atoms with Crippen LogP contribution in [0.1, 0.15) is 44.9 Å². The van der Waals surface area contributed by atoms with Gasteiger partial charge in [-0.1, -0.05) is 29.4 Å². The Bertz CT molecular complexity index is 1340. The fourth-order valence-electron chi connectivity index (χ4n) is 5.05. The smallest absolute Gasteiger partial charge is 0.158 e. The number of pyridine rings is 2. The highest BCUT2D eigenvalue weighted by molar-refractivity contribution is 7.99. The largest absolute Gasteiger partial charge is 0.382 e. The van der Waals surface area contributed by atoms with Gasteiger partial charge in [0.1, 0.15) is 16.7 Å². The first-order chi connectivity index (χ1) is 17.6. The second-order valence-electron chi connectivity index (χ2n) is 10.4. The van der Waals surface area contributed by atoms with Gasteiger partial charge in [-0.25, -0.2) is 23.9 Å². The molecule has 1 fully saturated rings. The summed E-state index contributed by atoms with van der Waals surface area (Å²) in [5, 5.41) is 0.938. The maximum atomic E-state index is 13.0. The number of hydrogen-bond donors (Lipinski definition) is 3. The molecular weight excluding hydrogens is 528 g/mol. The van der Waals surface area contributed by atoms with E-state index in [0.717, 1.165) is 48.8 Å². The zero-order valence-corrected chi connectivity index (χ0v) is 23.5. The van der Waals surface area contributed by atoms with Gasteiger partial charge < -0.3 is 16.4 Å². The summed E-state index contributed by atoms with van der Waals surface area (Å²) >= 11 is 7.59. The molecule has 0 bridgehead atoms. The standard InChI is InChI=1S/C25H31ClN8OS2/c1-24(2,3)37(35)33-17-13-15-5-4-9-29-20(15)25(17)7-11-34(12-8-25)18-14-31-23(22(28)32-18)36-16-6-10-30-21(27)19(16)26/h4-6,9-10,14,17,33H,7-8,11-13H2,1-3H3,(H2,27,30)(H2,28,32)/t17-,37?/m1/s1. The van der Waals surface area contributed by atoms with Crippen LogP contribution in [-0.4, -0.2) is 48.0 Å². The van der Waals surface area contributed by atoms with Crippen molar-refractivity contribution in [2.24, 2.45) is 0 Å². The van der Waals surface area contributed by atoms with E-state index in [1.807, 2.05) is 33.0 Å². The third-order valence-electron chi connectivity index (χ3n) is 7.08. The minimum absolute atomic E-state index is 0.0621. The number of piperidine rings is 1. The third kappa shape index (κ3) is 5.01. The number of rotatable bonds is 5. The highest BCUT2D eigenvalue weighted by Crippen LogP contribution is 2.46. The Kier molecular flexibility index (Phi) is 7.08. The van der Waals surface area contributed by atoms with Crippen LogP contribution >= 0.6 is 23.4 Å². The van der Waals surface area contributed by atoms with E-state index in [-0.39, 0.29) is 22.0 Å². The molecule has 0 radical (unpaired) electrons. The number of hydrogen-bond acceptors (Lipinski definition) is 9. The molecule has 0 amide bonds. The fraction of sp³-hybridized carbons (Fsp3) is 0.440. The zero-order chi connectivity index (χ0) is 26.4. The van der Waals surface area contributed by atoms with E-state index in [2.05, 4.69) is 30.6 Å². The van der Waals surface area contributed by atoms with Gasteiger partial charge >= 0.3 is 0 Å². The second kappa shape index (κ2) is 10.0. The first kappa shape index (κ1) is 26.1. The van der Waals surface area contributed by atoms with E-state index in [0.29, 0.717) is 15.9 Å². The Morgan fingerprint density at radius 3 is 2.59 bits per heavy atom. The number of nitrogens with two attached hydrogens (primary N) is 2. The average Bonchev–Trinajstić information content (AvgIpc) is 3.15. The molecule has 1 spiro atoms. The molecule has 12 heteroatoms. The molecule has 196 valence electrons. The Morgan fingerprint density at radius 1 is 1.14 bits per heavy atom. The molecular formula is C25H31ClN8OS2. The van der Waals surface area contributed by atoms with Crippen molar-refractivity contribution in [1.82, 2.24) is 24.7 Å². The van der Waals surface area contributed by atoms with Crippen LogP contribution in [0, 0.1) is 0 Å². The predicted molar refractivity (Wildman–Crippen MR) is 150 cm³/mol. The normalized spacial score (nSPS) is 19.7. The van der Waals surface area contributed by atoms with Crippen molar-refractivity contribution in [2.75, 3.05) is 29.5 Å². The van der Waals surface area contributed by atoms with Gasteiger partial charge in [-0.3, -0.25) is 4.98 Å². The van der Waals surface area contributed by atoms with Crippen molar-refractivity contribution in [1.29, 1.82) is 0 Å². The van der Waals surface area contributed by atoms with Gasteiger partial charge in [-0.15, -0.1) is 0 Å². The molecule has 9 nitrogen and oxygen atoms in total. The molecule has 3 aromatic rings. The summed E-state index contributed by atoms with van der Waals surface area (Å²) in [4.78, 5) is 20.9. The van der Waals surface area contributed by atoms with E-state index in [4.69, 9.17) is 28.1 Å². The van der Waals surface area contributed by atoms with Crippen molar-refractivity contribution < 1.29 is 4.21 Å². The molecule has 0 saturated carbocycles. The lowest BCUT2D eigenvalue weighted by Gasteiger charge is -2.44. The van der Waals surface area contributed by atoms with Gasteiger partial charge in [0.2, 0.25) is 0 Å². The van der Waals surface area contributed by atoms with Gasteiger partial charge in [0, 0.05) is 41.8 Å². The van der Waals surface area contributed by atoms with Gasteiger partial charge in [0.25, 0.3) is 0 Å². The monoisotopic (exact) mass is 558 g/mol. The summed E-state index contributed by atoms with van der Waals surface area (Å²) in [5.74, 6) is 1.33. The van der Waals surface area contributed by atoms with Gasteiger partial charge in [0.05, 0.1) is 32.6 Å². The highest BCUT2D eigenvalue weighted by Gasteiger charge is 2.50. The quantitative estimate of drug-likeness (QED) is 0.427. The van der Waals surface area contributed by atoms with E-state index >= 15 is 0 Å². The predicted octanol–water partition coefficient (Wildman–Crippen LogP) is 3.75. The molecule has 3 aromatic heterocycles. The van der Waals surface area contributed by atoms with Crippen LogP contribution in [-0.2, 0) is 22.8 Å². The van der Waals surface area contributed by atoms with Crippen molar-refractivity contribution in [3.05, 3.63) is 53.1 Å². The molecule has 1 saturated heterocycles. The second-order valence-corrected chi connectivity index (χ2v) is 13.8. The SMILES string of the molecule is CC(C)(C)S(=O)N[C@@H]1Cc2cccnc2C12CCN(c1cnc(Sc3ccnc(N)c3Cl)c(N)n1)CC2. The van der Waals surface area contributed by atoms with Crippen molar-refractivity contribution in [3.63, 3.8) is 0 Å². The first-order valence-electron chi connectivity index (χ1n) is 12.2.